The van der Waals surface area contributed by atoms with Crippen LogP contribution in [-0.2, 0) is 16.1 Å². The minimum Gasteiger partial charge on any atom is -0.481 e. The molecule has 2 atom stereocenters. The molecule has 3 rings (SSSR count). The molecular weight excluding hydrogens is 326 g/mol. The van der Waals surface area contributed by atoms with E-state index in [2.05, 4.69) is 5.32 Å². The number of urea groups is 1. The molecule has 0 aromatic heterocycles. The Balaban J connectivity index is 1.71. The molecule has 2 heterocycles. The molecule has 0 radical (unpaired) electrons. The van der Waals surface area contributed by atoms with Crippen molar-refractivity contribution in [1.29, 1.82) is 0 Å². The van der Waals surface area contributed by atoms with Crippen molar-refractivity contribution >= 4 is 17.9 Å². The van der Waals surface area contributed by atoms with Gasteiger partial charge in [-0.3, -0.25) is 9.59 Å². The number of carbonyl (C=O) groups is 3. The number of hydrogen-bond acceptors (Lipinski definition) is 4. The minimum absolute atomic E-state index is 0.179. The number of carbonyl (C=O) groups excluding carboxylic acids is 2. The highest BCUT2D eigenvalue weighted by molar-refractivity contribution is 5.95. The van der Waals surface area contributed by atoms with E-state index in [1.165, 1.54) is 0 Å². The summed E-state index contributed by atoms with van der Waals surface area (Å²) in [5.41, 5.74) is 5.43. The molecule has 25 heavy (non-hydrogen) atoms. The fraction of sp³-hybridized carbons (Fsp3) is 0.471. The van der Waals surface area contributed by atoms with E-state index in [0.29, 0.717) is 31.7 Å². The fourth-order valence-corrected chi connectivity index (χ4v) is 3.59. The van der Waals surface area contributed by atoms with Crippen molar-refractivity contribution in [3.63, 3.8) is 0 Å². The summed E-state index contributed by atoms with van der Waals surface area (Å²) in [4.78, 5) is 36.9. The van der Waals surface area contributed by atoms with Crippen LogP contribution in [0, 0.1) is 11.3 Å². The Kier molecular flexibility index (Phi) is 4.63. The van der Waals surface area contributed by atoms with Crippen molar-refractivity contribution in [2.45, 2.75) is 13.0 Å². The standard InChI is InChI=1S/C17H21N3O5/c18-16(24)19-7-11-1-3-12(4-2-11)14(21)20-8-13-9-25-6-5-17(13,10-20)15(22)23/h1-4,13H,5-10H2,(H,22,23)(H3,18,19,24)/t13-,17+/m0/s1. The number of carboxylic acid groups (broad SMARTS) is 1. The second kappa shape index (κ2) is 6.72. The van der Waals surface area contributed by atoms with Crippen LogP contribution < -0.4 is 11.1 Å². The first kappa shape index (κ1) is 17.2. The molecule has 2 aliphatic heterocycles. The molecule has 4 N–H and O–H groups in total. The Morgan fingerprint density at radius 2 is 2.04 bits per heavy atom. The van der Waals surface area contributed by atoms with Gasteiger partial charge in [0.15, 0.2) is 0 Å². The van der Waals surface area contributed by atoms with Crippen LogP contribution >= 0.6 is 0 Å². The Morgan fingerprint density at radius 3 is 2.64 bits per heavy atom. The van der Waals surface area contributed by atoms with Gasteiger partial charge in [0.1, 0.15) is 0 Å². The van der Waals surface area contributed by atoms with Crippen LogP contribution in [-0.4, -0.2) is 54.2 Å². The smallest absolute Gasteiger partial charge is 0.312 e. The van der Waals surface area contributed by atoms with E-state index in [1.807, 2.05) is 0 Å². The number of aliphatic carboxylic acids is 1. The predicted octanol–water partition coefficient (Wildman–Crippen LogP) is 0.418. The monoisotopic (exact) mass is 347 g/mol. The number of hydrogen-bond donors (Lipinski definition) is 3. The van der Waals surface area contributed by atoms with Crippen LogP contribution in [0.2, 0.25) is 0 Å². The van der Waals surface area contributed by atoms with E-state index in [-0.39, 0.29) is 24.9 Å². The van der Waals surface area contributed by atoms with Crippen molar-refractivity contribution < 1.29 is 24.2 Å². The largest absolute Gasteiger partial charge is 0.481 e. The molecule has 2 saturated heterocycles. The van der Waals surface area contributed by atoms with Crippen molar-refractivity contribution in [3.05, 3.63) is 35.4 Å². The molecule has 1 aromatic carbocycles. The normalized spacial score (nSPS) is 25.3. The number of nitrogens with zero attached hydrogens (tertiary/aromatic N) is 1. The Bertz CT molecular complexity index is 690. The number of benzene rings is 1. The van der Waals surface area contributed by atoms with E-state index in [0.717, 1.165) is 5.56 Å². The van der Waals surface area contributed by atoms with Gasteiger partial charge in [-0.2, -0.15) is 0 Å². The lowest BCUT2D eigenvalue weighted by molar-refractivity contribution is -0.157. The summed E-state index contributed by atoms with van der Waals surface area (Å²) in [5, 5.41) is 12.2. The highest BCUT2D eigenvalue weighted by Gasteiger charge is 2.54. The summed E-state index contributed by atoms with van der Waals surface area (Å²) in [7, 11) is 0. The topological polar surface area (TPSA) is 122 Å². The molecule has 8 heteroatoms. The lowest BCUT2D eigenvalue weighted by atomic mass is 9.74. The first-order valence-corrected chi connectivity index (χ1v) is 8.15. The van der Waals surface area contributed by atoms with Gasteiger partial charge in [0.05, 0.1) is 12.0 Å². The molecule has 2 fully saturated rings. The number of carboxylic acids is 1. The number of primary amides is 1. The minimum atomic E-state index is -0.904. The summed E-state index contributed by atoms with van der Waals surface area (Å²) in [6.45, 7) is 1.66. The fourth-order valence-electron chi connectivity index (χ4n) is 3.59. The first-order valence-electron chi connectivity index (χ1n) is 8.15. The second-order valence-electron chi connectivity index (χ2n) is 6.58. The van der Waals surface area contributed by atoms with Crippen LogP contribution in [0.1, 0.15) is 22.3 Å². The molecule has 8 nitrogen and oxygen atoms in total. The number of rotatable bonds is 4. The van der Waals surface area contributed by atoms with Gasteiger partial charge in [-0.15, -0.1) is 0 Å². The van der Waals surface area contributed by atoms with E-state index in [1.54, 1.807) is 29.2 Å². The third kappa shape index (κ3) is 3.30. The maximum atomic E-state index is 12.7. The predicted molar refractivity (Wildman–Crippen MR) is 87.8 cm³/mol. The van der Waals surface area contributed by atoms with Gasteiger partial charge in [-0.1, -0.05) is 12.1 Å². The molecule has 0 saturated carbocycles. The molecule has 2 aliphatic rings. The average molecular weight is 347 g/mol. The molecular formula is C17H21N3O5. The number of nitrogens with two attached hydrogens (primary N) is 1. The third-order valence-corrected chi connectivity index (χ3v) is 5.09. The van der Waals surface area contributed by atoms with Crippen LogP contribution in [0.3, 0.4) is 0 Å². The molecule has 0 aliphatic carbocycles. The van der Waals surface area contributed by atoms with Gasteiger partial charge < -0.3 is 25.8 Å². The molecule has 0 spiro atoms. The van der Waals surface area contributed by atoms with Crippen LogP contribution in [0.5, 0.6) is 0 Å². The number of ether oxygens (including phenoxy) is 1. The van der Waals surface area contributed by atoms with Crippen LogP contribution in [0.25, 0.3) is 0 Å². The zero-order valence-corrected chi connectivity index (χ0v) is 13.7. The Hall–Kier alpha value is -2.61. The van der Waals surface area contributed by atoms with Crippen molar-refractivity contribution in [1.82, 2.24) is 10.2 Å². The third-order valence-electron chi connectivity index (χ3n) is 5.09. The van der Waals surface area contributed by atoms with E-state index >= 15 is 0 Å². The quantitative estimate of drug-likeness (QED) is 0.728. The van der Waals surface area contributed by atoms with Crippen LogP contribution in [0.4, 0.5) is 4.79 Å². The van der Waals surface area contributed by atoms with Gasteiger partial charge in [0, 0.05) is 37.7 Å². The van der Waals surface area contributed by atoms with Crippen molar-refractivity contribution in [2.24, 2.45) is 17.1 Å². The van der Waals surface area contributed by atoms with Gasteiger partial charge in [-0.25, -0.2) is 4.79 Å². The summed E-state index contributed by atoms with van der Waals surface area (Å²) in [6.07, 6.45) is 0.425. The maximum absolute atomic E-state index is 12.7. The number of likely N-dealkylation sites (tertiary alicyclic amines) is 1. The number of amides is 3. The van der Waals surface area contributed by atoms with E-state index in [4.69, 9.17) is 10.5 Å². The van der Waals surface area contributed by atoms with E-state index in [9.17, 15) is 19.5 Å². The zero-order valence-electron chi connectivity index (χ0n) is 13.7. The van der Waals surface area contributed by atoms with Gasteiger partial charge in [-0.05, 0) is 24.1 Å². The number of fused-ring (bicyclic) bond motifs is 1. The lowest BCUT2D eigenvalue weighted by Gasteiger charge is -2.33. The Labute approximate surface area is 144 Å². The molecule has 0 unspecified atom stereocenters. The van der Waals surface area contributed by atoms with Gasteiger partial charge >= 0.3 is 12.0 Å². The summed E-state index contributed by atoms with van der Waals surface area (Å²) in [5.74, 6) is -1.23. The van der Waals surface area contributed by atoms with Gasteiger partial charge in [0.2, 0.25) is 0 Å². The van der Waals surface area contributed by atoms with Crippen LogP contribution in [0.15, 0.2) is 24.3 Å². The molecule has 1 aromatic rings. The average Bonchev–Trinajstić information content (AvgIpc) is 3.01. The molecule has 0 bridgehead atoms. The van der Waals surface area contributed by atoms with Gasteiger partial charge in [0.25, 0.3) is 5.91 Å². The number of nitrogens with one attached hydrogen (secondary N) is 1. The summed E-state index contributed by atoms with van der Waals surface area (Å²) >= 11 is 0. The summed E-state index contributed by atoms with van der Waals surface area (Å²) < 4.78 is 5.41. The van der Waals surface area contributed by atoms with E-state index < -0.39 is 17.4 Å². The molecule has 134 valence electrons. The summed E-state index contributed by atoms with van der Waals surface area (Å²) in [6, 6.07) is 6.21. The molecule has 3 amide bonds. The SMILES string of the molecule is NC(=O)NCc1ccc(C(=O)N2C[C@H]3COCC[C@@]3(C(=O)O)C2)cc1. The highest BCUT2D eigenvalue weighted by atomic mass is 16.5. The van der Waals surface area contributed by atoms with Crippen molar-refractivity contribution in [3.8, 4) is 0 Å². The Morgan fingerprint density at radius 1 is 1.32 bits per heavy atom. The zero-order chi connectivity index (χ0) is 18.0. The van der Waals surface area contributed by atoms with Crippen molar-refractivity contribution in [2.75, 3.05) is 26.3 Å². The second-order valence-corrected chi connectivity index (χ2v) is 6.58. The highest BCUT2D eigenvalue weighted by Crippen LogP contribution is 2.42. The lowest BCUT2D eigenvalue weighted by Crippen LogP contribution is -2.45. The first-order chi connectivity index (χ1) is 11.9. The maximum Gasteiger partial charge on any atom is 0.312 e.